The molecule has 2 rings (SSSR count). The van der Waals surface area contributed by atoms with E-state index >= 15 is 0 Å². The Morgan fingerprint density at radius 1 is 1.14 bits per heavy atom. The molecule has 0 atom stereocenters. The summed E-state index contributed by atoms with van der Waals surface area (Å²) in [6, 6.07) is 12.3. The smallest absolute Gasteiger partial charge is 0.262 e. The first-order valence-corrected chi connectivity index (χ1v) is 8.73. The van der Waals surface area contributed by atoms with E-state index in [4.69, 9.17) is 0 Å². The highest BCUT2D eigenvalue weighted by Gasteiger charge is 2.18. The van der Waals surface area contributed by atoms with Crippen LogP contribution < -0.4 is 10.0 Å². The van der Waals surface area contributed by atoms with Crippen molar-refractivity contribution in [1.82, 2.24) is 5.32 Å². The van der Waals surface area contributed by atoms with Gasteiger partial charge in [0.25, 0.3) is 10.0 Å². The van der Waals surface area contributed by atoms with Gasteiger partial charge in [-0.05, 0) is 49.4 Å². The van der Waals surface area contributed by atoms with Crippen LogP contribution in [0.4, 0.5) is 5.69 Å². The van der Waals surface area contributed by atoms with Crippen molar-refractivity contribution in [3.05, 3.63) is 58.1 Å². The summed E-state index contributed by atoms with van der Waals surface area (Å²) >= 11 is 3.40. The number of rotatable bonds is 5. The van der Waals surface area contributed by atoms with Crippen LogP contribution in [0.5, 0.6) is 0 Å². The average molecular weight is 369 g/mol. The van der Waals surface area contributed by atoms with Crippen molar-refractivity contribution in [2.45, 2.75) is 18.4 Å². The summed E-state index contributed by atoms with van der Waals surface area (Å²) in [6.07, 6.45) is 0. The second-order valence-electron chi connectivity index (χ2n) is 4.71. The molecule has 0 radical (unpaired) electrons. The van der Waals surface area contributed by atoms with Gasteiger partial charge in [-0.2, -0.15) is 0 Å². The SMILES string of the molecule is CNCc1ccccc1S(=O)(=O)Nc1ccc(Br)c(C)c1. The monoisotopic (exact) mass is 368 g/mol. The van der Waals surface area contributed by atoms with Gasteiger partial charge in [-0.1, -0.05) is 34.1 Å². The summed E-state index contributed by atoms with van der Waals surface area (Å²) in [5, 5.41) is 2.98. The van der Waals surface area contributed by atoms with Crippen molar-refractivity contribution in [3.63, 3.8) is 0 Å². The van der Waals surface area contributed by atoms with Crippen LogP contribution in [0.3, 0.4) is 0 Å². The third-order valence-corrected chi connectivity index (χ3v) is 5.41. The van der Waals surface area contributed by atoms with Crippen molar-refractivity contribution in [2.24, 2.45) is 0 Å². The van der Waals surface area contributed by atoms with Gasteiger partial charge in [0.1, 0.15) is 0 Å². The van der Waals surface area contributed by atoms with Crippen molar-refractivity contribution in [2.75, 3.05) is 11.8 Å². The van der Waals surface area contributed by atoms with Gasteiger partial charge in [0.15, 0.2) is 0 Å². The van der Waals surface area contributed by atoms with E-state index in [-0.39, 0.29) is 0 Å². The highest BCUT2D eigenvalue weighted by Crippen LogP contribution is 2.23. The number of nitrogens with one attached hydrogen (secondary N) is 2. The fraction of sp³-hybridized carbons (Fsp3) is 0.200. The number of aryl methyl sites for hydroxylation is 1. The van der Waals surface area contributed by atoms with Crippen molar-refractivity contribution >= 4 is 31.6 Å². The molecular weight excluding hydrogens is 352 g/mol. The predicted molar refractivity (Wildman–Crippen MR) is 88.9 cm³/mol. The number of hydrogen-bond acceptors (Lipinski definition) is 3. The first kappa shape index (κ1) is 16.0. The lowest BCUT2D eigenvalue weighted by molar-refractivity contribution is 0.599. The van der Waals surface area contributed by atoms with Crippen molar-refractivity contribution in [3.8, 4) is 0 Å². The van der Waals surface area contributed by atoms with Crippen LogP contribution in [0, 0.1) is 6.92 Å². The Kier molecular flexibility index (Phi) is 5.03. The fourth-order valence-electron chi connectivity index (χ4n) is 2.02. The van der Waals surface area contributed by atoms with E-state index in [1.807, 2.05) is 19.1 Å². The zero-order chi connectivity index (χ0) is 15.5. The van der Waals surface area contributed by atoms with Crippen LogP contribution >= 0.6 is 15.9 Å². The van der Waals surface area contributed by atoms with E-state index in [1.165, 1.54) is 0 Å². The molecule has 0 aliphatic heterocycles. The van der Waals surface area contributed by atoms with Gasteiger partial charge in [0.05, 0.1) is 4.90 Å². The van der Waals surface area contributed by atoms with Gasteiger partial charge in [0.2, 0.25) is 0 Å². The summed E-state index contributed by atoms with van der Waals surface area (Å²) in [5.41, 5.74) is 2.26. The summed E-state index contributed by atoms with van der Waals surface area (Å²) in [7, 11) is -1.81. The van der Waals surface area contributed by atoms with Crippen molar-refractivity contribution < 1.29 is 8.42 Å². The van der Waals surface area contributed by atoms with Crippen LogP contribution in [0.15, 0.2) is 51.8 Å². The van der Waals surface area contributed by atoms with E-state index in [2.05, 4.69) is 26.0 Å². The molecule has 2 N–H and O–H groups in total. The molecule has 0 aliphatic carbocycles. The van der Waals surface area contributed by atoms with E-state index < -0.39 is 10.0 Å². The van der Waals surface area contributed by atoms with Crippen LogP contribution in [-0.2, 0) is 16.6 Å². The first-order chi connectivity index (χ1) is 9.94. The second kappa shape index (κ2) is 6.60. The largest absolute Gasteiger partial charge is 0.316 e. The normalized spacial score (nSPS) is 11.4. The highest BCUT2D eigenvalue weighted by atomic mass is 79.9. The van der Waals surface area contributed by atoms with Gasteiger partial charge in [-0.25, -0.2) is 8.42 Å². The standard InChI is InChI=1S/C15H17BrN2O2S/c1-11-9-13(7-8-14(11)16)18-21(19,20)15-6-4-3-5-12(15)10-17-2/h3-9,17-18H,10H2,1-2H3. The Labute approximate surface area is 133 Å². The molecule has 21 heavy (non-hydrogen) atoms. The Morgan fingerprint density at radius 2 is 1.86 bits per heavy atom. The van der Waals surface area contributed by atoms with E-state index in [0.29, 0.717) is 17.1 Å². The minimum Gasteiger partial charge on any atom is -0.316 e. The van der Waals surface area contributed by atoms with Gasteiger partial charge in [0, 0.05) is 16.7 Å². The third-order valence-electron chi connectivity index (χ3n) is 3.04. The molecule has 0 aliphatic rings. The first-order valence-electron chi connectivity index (χ1n) is 6.45. The minimum absolute atomic E-state index is 0.292. The summed E-state index contributed by atoms with van der Waals surface area (Å²) in [6.45, 7) is 2.41. The topological polar surface area (TPSA) is 58.2 Å². The minimum atomic E-state index is -3.60. The van der Waals surface area contributed by atoms with E-state index in [0.717, 1.165) is 15.6 Å². The lowest BCUT2D eigenvalue weighted by atomic mass is 10.2. The Balaban J connectivity index is 2.36. The van der Waals surface area contributed by atoms with Gasteiger partial charge in [-0.15, -0.1) is 0 Å². The maximum absolute atomic E-state index is 12.5. The third kappa shape index (κ3) is 3.84. The average Bonchev–Trinajstić information content (AvgIpc) is 2.43. The maximum Gasteiger partial charge on any atom is 0.262 e. The molecule has 0 bridgehead atoms. The number of halogens is 1. The van der Waals surface area contributed by atoms with Crippen LogP contribution in [0.1, 0.15) is 11.1 Å². The van der Waals surface area contributed by atoms with Crippen LogP contribution in [0.2, 0.25) is 0 Å². The Hall–Kier alpha value is -1.37. The van der Waals surface area contributed by atoms with E-state index in [1.54, 1.807) is 37.4 Å². The number of hydrogen-bond donors (Lipinski definition) is 2. The van der Waals surface area contributed by atoms with E-state index in [9.17, 15) is 8.42 Å². The molecule has 2 aromatic carbocycles. The molecule has 0 saturated heterocycles. The Morgan fingerprint density at radius 3 is 2.52 bits per heavy atom. The van der Waals surface area contributed by atoms with Crippen LogP contribution in [0.25, 0.3) is 0 Å². The molecule has 0 amide bonds. The number of benzene rings is 2. The van der Waals surface area contributed by atoms with Crippen molar-refractivity contribution in [1.29, 1.82) is 0 Å². The quantitative estimate of drug-likeness (QED) is 0.851. The fourth-order valence-corrected chi connectivity index (χ4v) is 3.56. The zero-order valence-electron chi connectivity index (χ0n) is 11.9. The summed E-state index contributed by atoms with van der Waals surface area (Å²) in [5.74, 6) is 0. The molecule has 112 valence electrons. The Bertz CT molecular complexity index is 745. The maximum atomic E-state index is 12.5. The predicted octanol–water partition coefficient (Wildman–Crippen LogP) is 3.28. The molecular formula is C15H17BrN2O2S. The molecule has 0 aromatic heterocycles. The molecule has 0 saturated carbocycles. The molecule has 0 heterocycles. The van der Waals surface area contributed by atoms with Gasteiger partial charge < -0.3 is 5.32 Å². The van der Waals surface area contributed by atoms with Gasteiger partial charge in [-0.3, -0.25) is 4.72 Å². The second-order valence-corrected chi connectivity index (χ2v) is 7.21. The molecule has 2 aromatic rings. The molecule has 6 heteroatoms. The number of sulfonamides is 1. The van der Waals surface area contributed by atoms with Crippen LogP contribution in [-0.4, -0.2) is 15.5 Å². The number of anilines is 1. The van der Waals surface area contributed by atoms with Gasteiger partial charge >= 0.3 is 0 Å². The molecule has 0 spiro atoms. The summed E-state index contributed by atoms with van der Waals surface area (Å²) in [4.78, 5) is 0.292. The lowest BCUT2D eigenvalue weighted by Gasteiger charge is -2.13. The molecule has 0 unspecified atom stereocenters. The highest BCUT2D eigenvalue weighted by molar-refractivity contribution is 9.10. The molecule has 4 nitrogen and oxygen atoms in total. The molecule has 0 fully saturated rings. The lowest BCUT2D eigenvalue weighted by Crippen LogP contribution is -2.17. The summed E-state index contributed by atoms with van der Waals surface area (Å²) < 4.78 is 28.7. The zero-order valence-corrected chi connectivity index (χ0v) is 14.3.